The van der Waals surface area contributed by atoms with Crippen LogP contribution in [-0.4, -0.2) is 15.0 Å². The topological polar surface area (TPSA) is 59.9 Å². The molecule has 1 atom stereocenters. The highest BCUT2D eigenvalue weighted by molar-refractivity contribution is 7.99. The third kappa shape index (κ3) is 6.83. The van der Waals surface area contributed by atoms with Crippen LogP contribution < -0.4 is 10.1 Å². The van der Waals surface area contributed by atoms with Crippen LogP contribution in [-0.2, 0) is 0 Å². The normalized spacial score (nSPS) is 11.0. The van der Waals surface area contributed by atoms with Crippen molar-refractivity contribution in [3.8, 4) is 11.5 Å². The molecule has 0 spiro atoms. The van der Waals surface area contributed by atoms with Crippen molar-refractivity contribution < 1.29 is 4.74 Å². The second kappa shape index (κ2) is 11.9. The molecule has 0 saturated heterocycles. The molecular formula is C22H22Cl2N4OS2. The maximum absolute atomic E-state index is 6.14. The second-order valence-corrected chi connectivity index (χ2v) is 8.64. The number of thioether (sulfide) groups is 1. The third-order valence-electron chi connectivity index (χ3n) is 4.06. The fourth-order valence-corrected chi connectivity index (χ4v) is 4.32. The average molecular weight is 493 g/mol. The fourth-order valence-electron chi connectivity index (χ4n) is 2.67. The van der Waals surface area contributed by atoms with Gasteiger partial charge in [-0.3, -0.25) is 4.98 Å². The fraction of sp³-hybridized carbons (Fsp3) is 0.136. The van der Waals surface area contributed by atoms with Gasteiger partial charge in [0.1, 0.15) is 5.75 Å². The predicted molar refractivity (Wildman–Crippen MR) is 134 cm³/mol. The highest BCUT2D eigenvalue weighted by Crippen LogP contribution is 2.38. The Hall–Kier alpha value is -2.32. The first-order valence-corrected chi connectivity index (χ1v) is 10.9. The van der Waals surface area contributed by atoms with E-state index in [9.17, 15) is 0 Å². The number of pyridine rings is 2. The van der Waals surface area contributed by atoms with Crippen LogP contribution in [0.5, 0.6) is 11.5 Å². The minimum Gasteiger partial charge on any atom is -0.453 e. The standard InChI is InChI=1S/C22H20N4OS2.2ClH/c1-15-14-28-22(25-15)26-21-20(27-17-8-4-3-5-9-17)12-18(13-24-21)29-16(2)19-10-6-7-11-23-19;;/h3-14,16H,1-2H3,(H,24,25,26);2*1H. The van der Waals surface area contributed by atoms with Crippen molar-refractivity contribution in [3.63, 3.8) is 0 Å². The van der Waals surface area contributed by atoms with E-state index >= 15 is 0 Å². The number of aromatic nitrogens is 3. The molecule has 0 saturated carbocycles. The molecule has 0 bridgehead atoms. The van der Waals surface area contributed by atoms with Gasteiger partial charge in [-0.1, -0.05) is 24.3 Å². The monoisotopic (exact) mass is 492 g/mol. The molecular weight excluding hydrogens is 471 g/mol. The number of aryl methyl sites for hydroxylation is 1. The van der Waals surface area contributed by atoms with E-state index in [2.05, 4.69) is 27.2 Å². The summed E-state index contributed by atoms with van der Waals surface area (Å²) in [6.45, 7) is 4.10. The quantitative estimate of drug-likeness (QED) is 0.270. The van der Waals surface area contributed by atoms with Crippen molar-refractivity contribution in [1.82, 2.24) is 15.0 Å². The number of nitrogens with one attached hydrogen (secondary N) is 1. The molecule has 1 N–H and O–H groups in total. The van der Waals surface area contributed by atoms with E-state index in [0.29, 0.717) is 11.6 Å². The van der Waals surface area contributed by atoms with Gasteiger partial charge in [-0.05, 0) is 44.2 Å². The Morgan fingerprint density at radius 1 is 1.03 bits per heavy atom. The Kier molecular flexibility index (Phi) is 9.58. The van der Waals surface area contributed by atoms with E-state index in [1.165, 1.54) is 0 Å². The Morgan fingerprint density at radius 2 is 1.81 bits per heavy atom. The lowest BCUT2D eigenvalue weighted by atomic mass is 10.3. The first kappa shape index (κ1) is 24.9. The molecule has 1 unspecified atom stereocenters. The summed E-state index contributed by atoms with van der Waals surface area (Å²) in [5.41, 5.74) is 2.00. The Balaban J connectivity index is 0.00000171. The molecule has 4 aromatic rings. The second-order valence-electron chi connectivity index (χ2n) is 6.37. The predicted octanol–water partition coefficient (Wildman–Crippen LogP) is 7.47. The van der Waals surface area contributed by atoms with Crippen LogP contribution in [0.25, 0.3) is 0 Å². The summed E-state index contributed by atoms with van der Waals surface area (Å²) in [5, 5.41) is 6.26. The summed E-state index contributed by atoms with van der Waals surface area (Å²) in [5.74, 6) is 2.05. The van der Waals surface area contributed by atoms with Gasteiger partial charge >= 0.3 is 0 Å². The van der Waals surface area contributed by atoms with Crippen LogP contribution >= 0.6 is 47.9 Å². The number of nitrogens with zero attached hydrogens (tertiary/aromatic N) is 3. The van der Waals surface area contributed by atoms with Gasteiger partial charge in [-0.25, -0.2) is 9.97 Å². The number of ether oxygens (including phenoxy) is 1. The number of hydrogen-bond acceptors (Lipinski definition) is 7. The highest BCUT2D eigenvalue weighted by atomic mass is 35.5. The largest absolute Gasteiger partial charge is 0.453 e. The zero-order valence-corrected chi connectivity index (χ0v) is 20.2. The smallest absolute Gasteiger partial charge is 0.188 e. The van der Waals surface area contributed by atoms with Gasteiger partial charge in [-0.15, -0.1) is 47.9 Å². The van der Waals surface area contributed by atoms with E-state index in [1.807, 2.05) is 79.3 Å². The zero-order valence-electron chi connectivity index (χ0n) is 16.9. The van der Waals surface area contributed by atoms with Gasteiger partial charge in [0.2, 0.25) is 0 Å². The van der Waals surface area contributed by atoms with Crippen molar-refractivity contribution in [1.29, 1.82) is 0 Å². The Bertz CT molecular complexity index is 1080. The molecule has 0 fully saturated rings. The van der Waals surface area contributed by atoms with E-state index < -0.39 is 0 Å². The van der Waals surface area contributed by atoms with E-state index in [0.717, 1.165) is 27.2 Å². The molecule has 0 amide bonds. The summed E-state index contributed by atoms with van der Waals surface area (Å²) in [4.78, 5) is 14.5. The molecule has 0 aliphatic carbocycles. The van der Waals surface area contributed by atoms with Gasteiger partial charge in [0.05, 0.1) is 11.4 Å². The number of rotatable bonds is 7. The molecule has 162 valence electrons. The molecule has 0 aliphatic heterocycles. The van der Waals surface area contributed by atoms with Crippen LogP contribution in [0.15, 0.2) is 77.3 Å². The van der Waals surface area contributed by atoms with Crippen LogP contribution in [0.2, 0.25) is 0 Å². The molecule has 0 radical (unpaired) electrons. The van der Waals surface area contributed by atoms with Crippen molar-refractivity contribution in [3.05, 3.63) is 83.8 Å². The molecule has 0 aliphatic rings. The SMILES string of the molecule is Cc1csc(Nc2ncc(SC(C)c3ccccn3)cc2Oc2ccccc2)n1.Cl.Cl. The summed E-state index contributed by atoms with van der Waals surface area (Å²) in [6, 6.07) is 17.7. The Labute approximate surface area is 202 Å². The van der Waals surface area contributed by atoms with Gasteiger partial charge in [0.25, 0.3) is 0 Å². The van der Waals surface area contributed by atoms with Gasteiger partial charge in [0, 0.05) is 27.9 Å². The molecule has 5 nitrogen and oxygen atoms in total. The van der Waals surface area contributed by atoms with Crippen molar-refractivity contribution >= 4 is 58.9 Å². The lowest BCUT2D eigenvalue weighted by molar-refractivity contribution is 0.481. The lowest BCUT2D eigenvalue weighted by Gasteiger charge is -2.14. The number of para-hydroxylation sites is 1. The summed E-state index contributed by atoms with van der Waals surface area (Å²) < 4.78 is 6.14. The molecule has 31 heavy (non-hydrogen) atoms. The van der Waals surface area contributed by atoms with Crippen molar-refractivity contribution in [2.45, 2.75) is 24.0 Å². The van der Waals surface area contributed by atoms with E-state index in [4.69, 9.17) is 4.74 Å². The number of benzene rings is 1. The highest BCUT2D eigenvalue weighted by Gasteiger charge is 2.14. The maximum atomic E-state index is 6.14. The maximum Gasteiger partial charge on any atom is 0.188 e. The molecule has 3 heterocycles. The minimum absolute atomic E-state index is 0. The van der Waals surface area contributed by atoms with Crippen LogP contribution in [0.1, 0.15) is 23.6 Å². The van der Waals surface area contributed by atoms with E-state index in [-0.39, 0.29) is 30.1 Å². The summed E-state index contributed by atoms with van der Waals surface area (Å²) in [6.07, 6.45) is 3.67. The van der Waals surface area contributed by atoms with Crippen LogP contribution in [0.4, 0.5) is 10.9 Å². The lowest BCUT2D eigenvalue weighted by Crippen LogP contribution is -1.98. The van der Waals surface area contributed by atoms with Gasteiger partial charge in [-0.2, -0.15) is 0 Å². The number of hydrogen-bond donors (Lipinski definition) is 1. The van der Waals surface area contributed by atoms with Crippen molar-refractivity contribution in [2.75, 3.05) is 5.32 Å². The number of anilines is 2. The molecule has 1 aromatic carbocycles. The van der Waals surface area contributed by atoms with Crippen molar-refractivity contribution in [2.24, 2.45) is 0 Å². The van der Waals surface area contributed by atoms with Crippen LogP contribution in [0, 0.1) is 6.92 Å². The molecule has 3 aromatic heterocycles. The number of halogens is 2. The average Bonchev–Trinajstić information content (AvgIpc) is 3.16. The summed E-state index contributed by atoms with van der Waals surface area (Å²) in [7, 11) is 0. The van der Waals surface area contributed by atoms with Crippen LogP contribution in [0.3, 0.4) is 0 Å². The van der Waals surface area contributed by atoms with Gasteiger partial charge < -0.3 is 10.1 Å². The molecule has 4 rings (SSSR count). The first-order chi connectivity index (χ1) is 14.2. The number of thiazole rings is 1. The first-order valence-electron chi connectivity index (χ1n) is 9.17. The zero-order chi connectivity index (χ0) is 20.1. The summed E-state index contributed by atoms with van der Waals surface area (Å²) >= 11 is 3.23. The van der Waals surface area contributed by atoms with Gasteiger partial charge in [0.15, 0.2) is 16.7 Å². The van der Waals surface area contributed by atoms with E-state index in [1.54, 1.807) is 23.1 Å². The minimum atomic E-state index is 0. The Morgan fingerprint density at radius 3 is 2.48 bits per heavy atom. The third-order valence-corrected chi connectivity index (χ3v) is 6.03. The molecule has 9 heteroatoms.